The average molecular weight is 201 g/mol. The van der Waals surface area contributed by atoms with Gasteiger partial charge in [0.2, 0.25) is 0 Å². The van der Waals surface area contributed by atoms with Gasteiger partial charge >= 0.3 is 0 Å². The minimum atomic E-state index is -3.48. The van der Waals surface area contributed by atoms with Crippen LogP contribution >= 0.6 is 0 Å². The van der Waals surface area contributed by atoms with Gasteiger partial charge in [-0.15, -0.1) is 0 Å². The van der Waals surface area contributed by atoms with Gasteiger partial charge in [-0.2, -0.15) is 0 Å². The topological polar surface area (TPSA) is 46.6 Å². The Hall–Kier alpha value is -0.910. The van der Waals surface area contributed by atoms with E-state index in [2.05, 4.69) is 4.84 Å². The Morgan fingerprint density at radius 1 is 1.23 bits per heavy atom. The van der Waals surface area contributed by atoms with Crippen molar-refractivity contribution in [3.05, 3.63) is 30.3 Å². The Bertz CT molecular complexity index is 360. The molecule has 72 valence electrons. The van der Waals surface area contributed by atoms with E-state index in [1.807, 2.05) is 0 Å². The quantitative estimate of drug-likeness (QED) is 0.682. The van der Waals surface area contributed by atoms with Gasteiger partial charge in [-0.1, -0.05) is 22.7 Å². The lowest BCUT2D eigenvalue weighted by molar-refractivity contribution is -0.0258. The molecule has 0 fully saturated rings. The summed E-state index contributed by atoms with van der Waals surface area (Å²) in [7, 11) is -0.822. The first kappa shape index (κ1) is 10.2. The number of hydrogen-bond donors (Lipinski definition) is 0. The zero-order chi connectivity index (χ0) is 9.90. The fourth-order valence-corrected chi connectivity index (χ4v) is 1.83. The van der Waals surface area contributed by atoms with Gasteiger partial charge in [-0.3, -0.25) is 4.84 Å². The lowest BCUT2D eigenvalue weighted by atomic mass is 10.4. The number of hydroxylamine groups is 1. The third-order valence-corrected chi connectivity index (χ3v) is 3.33. The Morgan fingerprint density at radius 3 is 2.23 bits per heavy atom. The van der Waals surface area contributed by atoms with E-state index in [0.29, 0.717) is 0 Å². The van der Waals surface area contributed by atoms with Crippen LogP contribution in [0.25, 0.3) is 0 Å². The highest BCUT2D eigenvalue weighted by Crippen LogP contribution is 2.12. The highest BCUT2D eigenvalue weighted by molar-refractivity contribution is 7.89. The summed E-state index contributed by atoms with van der Waals surface area (Å²) in [6.45, 7) is 0. The molecule has 13 heavy (non-hydrogen) atoms. The molecule has 5 heteroatoms. The monoisotopic (exact) mass is 201 g/mol. The molecule has 1 aromatic rings. The minimum Gasteiger partial charge on any atom is -0.288 e. The summed E-state index contributed by atoms with van der Waals surface area (Å²) < 4.78 is 24.0. The maximum absolute atomic E-state index is 11.6. The van der Waals surface area contributed by atoms with Crippen molar-refractivity contribution in [1.82, 2.24) is 4.47 Å². The van der Waals surface area contributed by atoms with Gasteiger partial charge in [0, 0.05) is 7.05 Å². The number of hydrogen-bond acceptors (Lipinski definition) is 3. The lowest BCUT2D eigenvalue weighted by Gasteiger charge is -2.13. The van der Waals surface area contributed by atoms with Crippen LogP contribution in [0.3, 0.4) is 0 Å². The molecule has 0 N–H and O–H groups in total. The molecule has 0 unspecified atom stereocenters. The van der Waals surface area contributed by atoms with Crippen LogP contribution in [-0.2, 0) is 14.9 Å². The van der Waals surface area contributed by atoms with Gasteiger partial charge in [-0.05, 0) is 12.1 Å². The summed E-state index contributed by atoms with van der Waals surface area (Å²) >= 11 is 0. The van der Waals surface area contributed by atoms with E-state index in [9.17, 15) is 8.42 Å². The molecule has 0 amide bonds. The second-order valence-corrected chi connectivity index (χ2v) is 4.35. The minimum absolute atomic E-state index is 0.222. The van der Waals surface area contributed by atoms with Gasteiger partial charge < -0.3 is 0 Å². The smallest absolute Gasteiger partial charge is 0.264 e. The van der Waals surface area contributed by atoms with E-state index in [-0.39, 0.29) is 4.90 Å². The Balaban J connectivity index is 3.09. The van der Waals surface area contributed by atoms with Crippen LogP contribution in [0.4, 0.5) is 0 Å². The molecule has 0 aromatic heterocycles. The van der Waals surface area contributed by atoms with Crippen LogP contribution in [-0.4, -0.2) is 27.0 Å². The SMILES string of the molecule is CON(C)S(=O)(=O)c1ccccc1. The van der Waals surface area contributed by atoms with E-state index < -0.39 is 10.0 Å². The molecule has 0 saturated carbocycles. The van der Waals surface area contributed by atoms with E-state index in [4.69, 9.17) is 0 Å². The molecule has 4 nitrogen and oxygen atoms in total. The van der Waals surface area contributed by atoms with Crippen molar-refractivity contribution in [2.75, 3.05) is 14.2 Å². The molecule has 1 aromatic carbocycles. The Labute approximate surface area is 77.7 Å². The van der Waals surface area contributed by atoms with Gasteiger partial charge in [0.25, 0.3) is 10.0 Å². The number of nitrogens with zero attached hydrogens (tertiary/aromatic N) is 1. The zero-order valence-electron chi connectivity index (χ0n) is 7.47. The molecule has 0 saturated heterocycles. The van der Waals surface area contributed by atoms with E-state index in [1.165, 1.54) is 26.3 Å². The summed E-state index contributed by atoms with van der Waals surface area (Å²) in [5, 5.41) is 0. The number of sulfonamides is 1. The molecule has 0 aliphatic heterocycles. The van der Waals surface area contributed by atoms with Crippen molar-refractivity contribution < 1.29 is 13.3 Å². The van der Waals surface area contributed by atoms with Crippen molar-refractivity contribution >= 4 is 10.0 Å². The fourth-order valence-electron chi connectivity index (χ4n) is 0.839. The zero-order valence-corrected chi connectivity index (χ0v) is 8.28. The molecule has 0 atom stereocenters. The van der Waals surface area contributed by atoms with Crippen LogP contribution in [0.2, 0.25) is 0 Å². The first-order valence-corrected chi connectivity index (χ1v) is 5.11. The molecular weight excluding hydrogens is 190 g/mol. The molecule has 0 aliphatic carbocycles. The van der Waals surface area contributed by atoms with Gasteiger partial charge in [0.15, 0.2) is 0 Å². The second kappa shape index (κ2) is 3.87. The van der Waals surface area contributed by atoms with Crippen LogP contribution in [0.15, 0.2) is 35.2 Å². The normalized spacial score (nSPS) is 11.9. The number of rotatable bonds is 3. The second-order valence-electron chi connectivity index (χ2n) is 2.41. The Kier molecular flexibility index (Phi) is 3.02. The summed E-state index contributed by atoms with van der Waals surface area (Å²) in [4.78, 5) is 4.84. The predicted octanol–water partition coefficient (Wildman–Crippen LogP) is 0.869. The average Bonchev–Trinajstić information content (AvgIpc) is 2.18. The summed E-state index contributed by atoms with van der Waals surface area (Å²) in [5.74, 6) is 0. The molecule has 0 aliphatic rings. The first-order chi connectivity index (χ1) is 6.09. The van der Waals surface area contributed by atoms with Crippen LogP contribution in [0, 0.1) is 0 Å². The molecule has 1 rings (SSSR count). The van der Waals surface area contributed by atoms with Crippen LogP contribution in [0.5, 0.6) is 0 Å². The summed E-state index contributed by atoms with van der Waals surface area (Å²) in [6.07, 6.45) is 0. The van der Waals surface area contributed by atoms with Gasteiger partial charge in [0.05, 0.1) is 12.0 Å². The van der Waals surface area contributed by atoms with E-state index in [1.54, 1.807) is 18.2 Å². The third kappa shape index (κ3) is 2.06. The van der Waals surface area contributed by atoms with Gasteiger partial charge in [0.1, 0.15) is 0 Å². The van der Waals surface area contributed by atoms with E-state index >= 15 is 0 Å². The van der Waals surface area contributed by atoms with Crippen LogP contribution < -0.4 is 0 Å². The third-order valence-electron chi connectivity index (χ3n) is 1.64. The van der Waals surface area contributed by atoms with Crippen molar-refractivity contribution in [3.8, 4) is 0 Å². The van der Waals surface area contributed by atoms with Crippen molar-refractivity contribution in [2.24, 2.45) is 0 Å². The van der Waals surface area contributed by atoms with Gasteiger partial charge in [-0.25, -0.2) is 8.42 Å². The Morgan fingerprint density at radius 2 is 1.77 bits per heavy atom. The predicted molar refractivity (Wildman–Crippen MR) is 48.4 cm³/mol. The highest BCUT2D eigenvalue weighted by atomic mass is 32.2. The molecule has 0 heterocycles. The summed E-state index contributed by atoms with van der Waals surface area (Å²) in [6, 6.07) is 8.12. The maximum atomic E-state index is 11.6. The van der Waals surface area contributed by atoms with Crippen molar-refractivity contribution in [3.63, 3.8) is 0 Å². The first-order valence-electron chi connectivity index (χ1n) is 3.67. The number of benzene rings is 1. The van der Waals surface area contributed by atoms with Crippen LogP contribution in [0.1, 0.15) is 0 Å². The fraction of sp³-hybridized carbons (Fsp3) is 0.250. The molecule has 0 radical (unpaired) electrons. The molecular formula is C8H11NO3S. The molecule has 0 bridgehead atoms. The maximum Gasteiger partial charge on any atom is 0.264 e. The van der Waals surface area contributed by atoms with E-state index in [0.717, 1.165) is 4.47 Å². The van der Waals surface area contributed by atoms with Crippen molar-refractivity contribution in [2.45, 2.75) is 4.90 Å². The van der Waals surface area contributed by atoms with Crippen molar-refractivity contribution in [1.29, 1.82) is 0 Å². The summed E-state index contributed by atoms with van der Waals surface area (Å²) in [5.41, 5.74) is 0. The lowest BCUT2D eigenvalue weighted by Crippen LogP contribution is -2.25. The standard InChI is InChI=1S/C8H11NO3S/c1-9(12-2)13(10,11)8-6-4-3-5-7-8/h3-7H,1-2H3. The highest BCUT2D eigenvalue weighted by Gasteiger charge is 2.19. The molecule has 0 spiro atoms. The largest absolute Gasteiger partial charge is 0.288 e.